The lowest BCUT2D eigenvalue weighted by atomic mass is 10.1. The predicted octanol–water partition coefficient (Wildman–Crippen LogP) is 3.10. The summed E-state index contributed by atoms with van der Waals surface area (Å²) in [5.74, 6) is 0. The second-order valence-electron chi connectivity index (χ2n) is 7.08. The molecule has 0 radical (unpaired) electrons. The Morgan fingerprint density at radius 3 is 2.67 bits per heavy atom. The van der Waals surface area contributed by atoms with Crippen LogP contribution in [0.1, 0.15) is 51.9 Å². The van der Waals surface area contributed by atoms with Crippen molar-refractivity contribution < 1.29 is 0 Å². The van der Waals surface area contributed by atoms with Gasteiger partial charge in [0.15, 0.2) is 0 Å². The molecule has 2 rings (SSSR count). The van der Waals surface area contributed by atoms with Gasteiger partial charge < -0.3 is 5.32 Å². The molecular formula is C16H29BrN4. The molecule has 1 atom stereocenters. The SMILES string of the molecule is CCc1nn(C)c(CN2CCCC2CNC(C)(C)C)c1Br. The van der Waals surface area contributed by atoms with Crippen LogP contribution in [-0.4, -0.2) is 39.4 Å². The Morgan fingerprint density at radius 1 is 1.38 bits per heavy atom. The summed E-state index contributed by atoms with van der Waals surface area (Å²) < 4.78 is 3.23. The van der Waals surface area contributed by atoms with Crippen LogP contribution in [-0.2, 0) is 20.0 Å². The van der Waals surface area contributed by atoms with Crippen LogP contribution in [0.15, 0.2) is 4.47 Å². The van der Waals surface area contributed by atoms with Crippen molar-refractivity contribution >= 4 is 15.9 Å². The minimum absolute atomic E-state index is 0.191. The van der Waals surface area contributed by atoms with E-state index in [2.05, 4.69) is 66.0 Å². The maximum Gasteiger partial charge on any atom is 0.0767 e. The van der Waals surface area contributed by atoms with Gasteiger partial charge in [0.2, 0.25) is 0 Å². The molecular weight excluding hydrogens is 328 g/mol. The Hall–Kier alpha value is -0.390. The van der Waals surface area contributed by atoms with Crippen molar-refractivity contribution in [3.63, 3.8) is 0 Å². The van der Waals surface area contributed by atoms with Crippen molar-refractivity contribution in [2.24, 2.45) is 7.05 Å². The lowest BCUT2D eigenvalue weighted by molar-refractivity contribution is 0.220. The number of halogens is 1. The number of aryl methyl sites for hydroxylation is 2. The first-order valence-electron chi connectivity index (χ1n) is 8.01. The highest BCUT2D eigenvalue weighted by molar-refractivity contribution is 9.10. The number of nitrogens with zero attached hydrogens (tertiary/aromatic N) is 3. The van der Waals surface area contributed by atoms with Crippen LogP contribution in [0.2, 0.25) is 0 Å². The average Bonchev–Trinajstić information content (AvgIpc) is 2.95. The quantitative estimate of drug-likeness (QED) is 0.879. The number of rotatable bonds is 5. The van der Waals surface area contributed by atoms with Crippen LogP contribution in [0.5, 0.6) is 0 Å². The van der Waals surface area contributed by atoms with E-state index in [1.807, 2.05) is 4.68 Å². The molecule has 0 bridgehead atoms. The maximum absolute atomic E-state index is 4.61. The van der Waals surface area contributed by atoms with Crippen LogP contribution in [0, 0.1) is 0 Å². The molecule has 1 saturated heterocycles. The van der Waals surface area contributed by atoms with Crippen molar-refractivity contribution in [1.29, 1.82) is 0 Å². The maximum atomic E-state index is 4.61. The van der Waals surface area contributed by atoms with E-state index in [-0.39, 0.29) is 5.54 Å². The number of hydrogen-bond acceptors (Lipinski definition) is 3. The van der Waals surface area contributed by atoms with Gasteiger partial charge in [0.1, 0.15) is 0 Å². The Balaban J connectivity index is 2.03. The standard InChI is InChI=1S/C16H29BrN4/c1-6-13-15(17)14(20(5)19-13)11-21-9-7-8-12(21)10-18-16(2,3)4/h12,18H,6-11H2,1-5H3. The third kappa shape index (κ3) is 4.30. The fraction of sp³-hybridized carbons (Fsp3) is 0.812. The summed E-state index contributed by atoms with van der Waals surface area (Å²) in [6.45, 7) is 12.1. The van der Waals surface area contributed by atoms with Crippen LogP contribution in [0.25, 0.3) is 0 Å². The number of nitrogens with one attached hydrogen (secondary N) is 1. The lowest BCUT2D eigenvalue weighted by Gasteiger charge is -2.29. The fourth-order valence-corrected chi connectivity index (χ4v) is 3.68. The highest BCUT2D eigenvalue weighted by Gasteiger charge is 2.27. The van der Waals surface area contributed by atoms with Crippen LogP contribution >= 0.6 is 15.9 Å². The van der Waals surface area contributed by atoms with Gasteiger partial charge in [-0.2, -0.15) is 5.10 Å². The molecule has 5 heteroatoms. The molecule has 2 heterocycles. The van der Waals surface area contributed by atoms with Crippen LogP contribution in [0.4, 0.5) is 0 Å². The monoisotopic (exact) mass is 356 g/mol. The summed E-state index contributed by atoms with van der Waals surface area (Å²) in [7, 11) is 2.05. The van der Waals surface area contributed by atoms with Crippen LogP contribution in [0.3, 0.4) is 0 Å². The summed E-state index contributed by atoms with van der Waals surface area (Å²) in [4.78, 5) is 2.60. The summed E-state index contributed by atoms with van der Waals surface area (Å²) in [6, 6.07) is 0.635. The highest BCUT2D eigenvalue weighted by atomic mass is 79.9. The molecule has 0 aliphatic carbocycles. The third-order valence-electron chi connectivity index (χ3n) is 4.22. The second-order valence-corrected chi connectivity index (χ2v) is 7.87. The van der Waals surface area contributed by atoms with Gasteiger partial charge in [-0.25, -0.2) is 0 Å². The third-order valence-corrected chi connectivity index (χ3v) is 5.14. The minimum Gasteiger partial charge on any atom is -0.311 e. The summed E-state index contributed by atoms with van der Waals surface area (Å²) in [5.41, 5.74) is 2.65. The van der Waals surface area contributed by atoms with Crippen LogP contribution < -0.4 is 5.32 Å². The van der Waals surface area contributed by atoms with E-state index in [4.69, 9.17) is 0 Å². The van der Waals surface area contributed by atoms with E-state index >= 15 is 0 Å². The second kappa shape index (κ2) is 6.80. The molecule has 1 aromatic rings. The van der Waals surface area contributed by atoms with Crippen molar-refractivity contribution in [2.45, 2.75) is 65.1 Å². The average molecular weight is 357 g/mol. The zero-order valence-electron chi connectivity index (χ0n) is 14.0. The van der Waals surface area contributed by atoms with Gasteiger partial charge in [0.05, 0.1) is 15.9 Å². The van der Waals surface area contributed by atoms with E-state index in [0.29, 0.717) is 6.04 Å². The summed E-state index contributed by atoms with van der Waals surface area (Å²) in [6.07, 6.45) is 3.56. The van der Waals surface area contributed by atoms with Crippen molar-refractivity contribution in [1.82, 2.24) is 20.0 Å². The molecule has 1 aromatic heterocycles. The largest absolute Gasteiger partial charge is 0.311 e. The summed E-state index contributed by atoms with van der Waals surface area (Å²) in [5, 5.41) is 8.26. The zero-order chi connectivity index (χ0) is 15.6. The van der Waals surface area contributed by atoms with E-state index in [0.717, 1.165) is 25.2 Å². The molecule has 1 unspecified atom stereocenters. The van der Waals surface area contributed by atoms with Gasteiger partial charge in [-0.05, 0) is 62.5 Å². The van der Waals surface area contributed by atoms with E-state index < -0.39 is 0 Å². The first-order valence-corrected chi connectivity index (χ1v) is 8.80. The minimum atomic E-state index is 0.191. The van der Waals surface area contributed by atoms with E-state index in [9.17, 15) is 0 Å². The number of hydrogen-bond donors (Lipinski definition) is 1. The van der Waals surface area contributed by atoms with E-state index in [1.165, 1.54) is 29.6 Å². The van der Waals surface area contributed by atoms with Crippen molar-refractivity contribution in [3.05, 3.63) is 15.9 Å². The van der Waals surface area contributed by atoms with Gasteiger partial charge in [-0.1, -0.05) is 6.92 Å². The molecule has 0 saturated carbocycles. The van der Waals surface area contributed by atoms with Gasteiger partial charge in [-0.3, -0.25) is 9.58 Å². The van der Waals surface area contributed by atoms with Crippen molar-refractivity contribution in [3.8, 4) is 0 Å². The molecule has 0 amide bonds. The molecule has 1 fully saturated rings. The highest BCUT2D eigenvalue weighted by Crippen LogP contribution is 2.26. The summed E-state index contributed by atoms with van der Waals surface area (Å²) >= 11 is 3.73. The molecule has 1 aliphatic heterocycles. The predicted molar refractivity (Wildman–Crippen MR) is 91.5 cm³/mol. The number of aromatic nitrogens is 2. The van der Waals surface area contributed by atoms with Gasteiger partial charge in [-0.15, -0.1) is 0 Å². The normalized spacial score (nSPS) is 20.4. The number of likely N-dealkylation sites (tertiary alicyclic amines) is 1. The molecule has 1 aliphatic rings. The zero-order valence-corrected chi connectivity index (χ0v) is 15.6. The Morgan fingerprint density at radius 2 is 2.10 bits per heavy atom. The Kier molecular flexibility index (Phi) is 5.49. The van der Waals surface area contributed by atoms with E-state index in [1.54, 1.807) is 0 Å². The fourth-order valence-electron chi connectivity index (χ4n) is 2.94. The van der Waals surface area contributed by atoms with Crippen molar-refractivity contribution in [2.75, 3.05) is 13.1 Å². The Bertz CT molecular complexity index is 475. The molecule has 0 spiro atoms. The molecule has 4 nitrogen and oxygen atoms in total. The Labute approximate surface area is 137 Å². The first kappa shape index (κ1) is 17.0. The molecule has 1 N–H and O–H groups in total. The van der Waals surface area contributed by atoms with Gasteiger partial charge in [0.25, 0.3) is 0 Å². The smallest absolute Gasteiger partial charge is 0.0767 e. The topological polar surface area (TPSA) is 33.1 Å². The molecule has 21 heavy (non-hydrogen) atoms. The van der Waals surface area contributed by atoms with Gasteiger partial charge in [0, 0.05) is 31.7 Å². The van der Waals surface area contributed by atoms with Gasteiger partial charge >= 0.3 is 0 Å². The molecule has 120 valence electrons. The molecule has 0 aromatic carbocycles. The lowest BCUT2D eigenvalue weighted by Crippen LogP contribution is -2.45. The first-order chi connectivity index (χ1) is 9.81.